The summed E-state index contributed by atoms with van der Waals surface area (Å²) in [6.45, 7) is 0.899. The Morgan fingerprint density at radius 1 is 1.33 bits per heavy atom. The van der Waals surface area contributed by atoms with E-state index in [-0.39, 0.29) is 18.1 Å². The van der Waals surface area contributed by atoms with Gasteiger partial charge in [0.15, 0.2) is 0 Å². The van der Waals surface area contributed by atoms with E-state index in [1.165, 1.54) is 0 Å². The molecule has 2 rings (SSSR count). The average Bonchev–Trinajstić information content (AvgIpc) is 2.49. The highest BCUT2D eigenvalue weighted by Gasteiger charge is 2.27. The van der Waals surface area contributed by atoms with Crippen LogP contribution in [-0.2, 0) is 11.3 Å². The molecular weight excluding hydrogens is 194 g/mol. The van der Waals surface area contributed by atoms with Crippen LogP contribution in [0.2, 0.25) is 0 Å². The molecule has 15 heavy (non-hydrogen) atoms. The van der Waals surface area contributed by atoms with Crippen LogP contribution in [0.5, 0.6) is 5.75 Å². The van der Waals surface area contributed by atoms with E-state index < -0.39 is 6.10 Å². The molecule has 1 aromatic rings. The first-order chi connectivity index (χ1) is 7.15. The van der Waals surface area contributed by atoms with Gasteiger partial charge < -0.3 is 15.1 Å². The van der Waals surface area contributed by atoms with Crippen molar-refractivity contribution in [2.45, 2.75) is 19.1 Å². The quantitative estimate of drug-likeness (QED) is 0.741. The van der Waals surface area contributed by atoms with E-state index in [1.54, 1.807) is 29.2 Å². The second-order valence-electron chi connectivity index (χ2n) is 3.80. The van der Waals surface area contributed by atoms with Gasteiger partial charge in [0, 0.05) is 13.1 Å². The van der Waals surface area contributed by atoms with Crippen LogP contribution < -0.4 is 0 Å². The Morgan fingerprint density at radius 3 is 2.53 bits per heavy atom. The van der Waals surface area contributed by atoms with Gasteiger partial charge in [-0.25, -0.2) is 0 Å². The number of aliphatic hydroxyl groups is 1. The summed E-state index contributed by atoms with van der Waals surface area (Å²) in [5.74, 6) is 0.196. The number of hydrogen-bond donors (Lipinski definition) is 2. The first-order valence-electron chi connectivity index (χ1n) is 4.89. The van der Waals surface area contributed by atoms with Gasteiger partial charge in [0.05, 0.1) is 12.5 Å². The summed E-state index contributed by atoms with van der Waals surface area (Å²) >= 11 is 0. The van der Waals surface area contributed by atoms with Gasteiger partial charge in [0.2, 0.25) is 5.91 Å². The number of benzene rings is 1. The summed E-state index contributed by atoms with van der Waals surface area (Å²) in [6, 6.07) is 6.72. The highest BCUT2D eigenvalue weighted by atomic mass is 16.3. The zero-order valence-corrected chi connectivity index (χ0v) is 8.26. The molecule has 1 amide bonds. The van der Waals surface area contributed by atoms with Crippen LogP contribution in [0.1, 0.15) is 12.0 Å². The maximum atomic E-state index is 11.4. The maximum Gasteiger partial charge on any atom is 0.225 e. The number of likely N-dealkylation sites (tertiary alicyclic amines) is 1. The summed E-state index contributed by atoms with van der Waals surface area (Å²) < 4.78 is 0. The van der Waals surface area contributed by atoms with Crippen LogP contribution in [-0.4, -0.2) is 33.7 Å². The molecule has 0 spiro atoms. The number of aromatic hydroxyl groups is 1. The third-order valence-electron chi connectivity index (χ3n) is 2.50. The van der Waals surface area contributed by atoms with Crippen molar-refractivity contribution in [3.05, 3.63) is 29.8 Å². The van der Waals surface area contributed by atoms with Crippen molar-refractivity contribution in [3.63, 3.8) is 0 Å². The third kappa shape index (κ3) is 2.27. The van der Waals surface area contributed by atoms with Gasteiger partial charge in [-0.15, -0.1) is 0 Å². The summed E-state index contributed by atoms with van der Waals surface area (Å²) in [7, 11) is 0. The van der Waals surface area contributed by atoms with Crippen LogP contribution in [0, 0.1) is 0 Å². The largest absolute Gasteiger partial charge is 0.508 e. The van der Waals surface area contributed by atoms with Crippen molar-refractivity contribution in [1.82, 2.24) is 4.90 Å². The Balaban J connectivity index is 2.03. The fraction of sp³-hybridized carbons (Fsp3) is 0.364. The van der Waals surface area contributed by atoms with Gasteiger partial charge in [-0.3, -0.25) is 4.79 Å². The summed E-state index contributed by atoms with van der Waals surface area (Å²) in [4.78, 5) is 13.0. The molecule has 1 atom stereocenters. The predicted molar refractivity (Wildman–Crippen MR) is 54.1 cm³/mol. The van der Waals surface area contributed by atoms with Gasteiger partial charge in [-0.1, -0.05) is 12.1 Å². The molecule has 0 bridgehead atoms. The van der Waals surface area contributed by atoms with Gasteiger partial charge >= 0.3 is 0 Å². The van der Waals surface area contributed by atoms with Crippen LogP contribution in [0.3, 0.4) is 0 Å². The van der Waals surface area contributed by atoms with Crippen LogP contribution >= 0.6 is 0 Å². The number of hydrogen-bond acceptors (Lipinski definition) is 3. The lowest BCUT2D eigenvalue weighted by Crippen LogP contribution is -2.25. The first kappa shape index (κ1) is 9.98. The van der Waals surface area contributed by atoms with Crippen LogP contribution in [0.15, 0.2) is 24.3 Å². The van der Waals surface area contributed by atoms with Gasteiger partial charge in [0.25, 0.3) is 0 Å². The van der Waals surface area contributed by atoms with Gasteiger partial charge in [-0.05, 0) is 17.7 Å². The van der Waals surface area contributed by atoms with E-state index in [0.717, 1.165) is 5.56 Å². The molecule has 1 aromatic carbocycles. The van der Waals surface area contributed by atoms with Crippen LogP contribution in [0.25, 0.3) is 0 Å². The summed E-state index contributed by atoms with van der Waals surface area (Å²) in [5.41, 5.74) is 0.954. The van der Waals surface area contributed by atoms with E-state index in [9.17, 15) is 9.90 Å². The lowest BCUT2D eigenvalue weighted by Gasteiger charge is -2.15. The molecule has 4 nitrogen and oxygen atoms in total. The predicted octanol–water partition coefficient (Wildman–Crippen LogP) is 0.485. The number of phenols is 1. The third-order valence-corrected chi connectivity index (χ3v) is 2.50. The van der Waals surface area contributed by atoms with Gasteiger partial charge in [-0.2, -0.15) is 0 Å². The molecule has 0 aromatic heterocycles. The fourth-order valence-corrected chi connectivity index (χ4v) is 1.73. The molecule has 0 saturated carbocycles. The highest BCUT2D eigenvalue weighted by molar-refractivity contribution is 5.79. The minimum absolute atomic E-state index is 0.0180. The molecule has 1 heterocycles. The Labute approximate surface area is 87.8 Å². The Hall–Kier alpha value is -1.55. The topological polar surface area (TPSA) is 60.8 Å². The zero-order chi connectivity index (χ0) is 10.8. The standard InChI is InChI=1S/C11H13NO3/c13-9-3-1-8(2-4-9)6-12-7-10(14)5-11(12)15/h1-4,10,13-14H,5-7H2. The minimum Gasteiger partial charge on any atom is -0.508 e. The number of β-amino-alcohol motifs (C(OH)–C–C–N with tert-alkyl or cyclic N) is 1. The molecule has 2 N–H and O–H groups in total. The summed E-state index contributed by atoms with van der Waals surface area (Å²) in [5, 5.41) is 18.4. The second-order valence-corrected chi connectivity index (χ2v) is 3.80. The Bertz CT molecular complexity index is 361. The van der Waals surface area contributed by atoms with Crippen molar-refractivity contribution >= 4 is 5.91 Å². The molecule has 0 radical (unpaired) electrons. The number of phenolic OH excluding ortho intramolecular Hbond substituents is 1. The fourth-order valence-electron chi connectivity index (χ4n) is 1.73. The number of carbonyl (C=O) groups is 1. The average molecular weight is 207 g/mol. The lowest BCUT2D eigenvalue weighted by molar-refractivity contribution is -0.128. The van der Waals surface area contributed by atoms with E-state index in [4.69, 9.17) is 5.11 Å². The van der Waals surface area contributed by atoms with E-state index in [2.05, 4.69) is 0 Å². The lowest BCUT2D eigenvalue weighted by atomic mass is 10.2. The summed E-state index contributed by atoms with van der Waals surface area (Å²) in [6.07, 6.45) is -0.312. The number of rotatable bonds is 2. The van der Waals surface area contributed by atoms with Crippen molar-refractivity contribution in [1.29, 1.82) is 0 Å². The highest BCUT2D eigenvalue weighted by Crippen LogP contribution is 2.16. The molecular formula is C11H13NO3. The van der Waals surface area contributed by atoms with Gasteiger partial charge in [0.1, 0.15) is 5.75 Å². The van der Waals surface area contributed by atoms with E-state index in [0.29, 0.717) is 13.1 Å². The van der Waals surface area contributed by atoms with Crippen LogP contribution in [0.4, 0.5) is 0 Å². The smallest absolute Gasteiger partial charge is 0.225 e. The molecule has 1 aliphatic rings. The SMILES string of the molecule is O=C1CC(O)CN1Cc1ccc(O)cc1. The molecule has 1 unspecified atom stereocenters. The normalized spacial score (nSPS) is 21.0. The Kier molecular flexibility index (Phi) is 2.60. The molecule has 4 heteroatoms. The molecule has 1 fully saturated rings. The zero-order valence-electron chi connectivity index (χ0n) is 8.26. The van der Waals surface area contributed by atoms with Crippen molar-refractivity contribution in [2.75, 3.05) is 6.54 Å². The monoisotopic (exact) mass is 207 g/mol. The molecule has 1 saturated heterocycles. The van der Waals surface area contributed by atoms with E-state index >= 15 is 0 Å². The number of amides is 1. The maximum absolute atomic E-state index is 11.4. The first-order valence-corrected chi connectivity index (χ1v) is 4.89. The molecule has 80 valence electrons. The Morgan fingerprint density at radius 2 is 2.00 bits per heavy atom. The molecule has 1 aliphatic heterocycles. The number of nitrogens with zero attached hydrogens (tertiary/aromatic N) is 1. The van der Waals surface area contributed by atoms with Crippen molar-refractivity contribution < 1.29 is 15.0 Å². The minimum atomic E-state index is -0.533. The molecule has 0 aliphatic carbocycles. The van der Waals surface area contributed by atoms with Crippen molar-refractivity contribution in [2.24, 2.45) is 0 Å². The van der Waals surface area contributed by atoms with E-state index in [1.807, 2.05) is 0 Å². The van der Waals surface area contributed by atoms with Crippen molar-refractivity contribution in [3.8, 4) is 5.75 Å². The second kappa shape index (κ2) is 3.90. The number of aliphatic hydroxyl groups excluding tert-OH is 1. The number of carbonyl (C=O) groups excluding carboxylic acids is 1.